The Balaban J connectivity index is 1.94. The summed E-state index contributed by atoms with van der Waals surface area (Å²) in [7, 11) is 1.28. The van der Waals surface area contributed by atoms with Gasteiger partial charge in [0.2, 0.25) is 5.91 Å². The maximum atomic E-state index is 12.1. The first-order valence-electron chi connectivity index (χ1n) is 6.13. The van der Waals surface area contributed by atoms with Crippen molar-refractivity contribution in [1.82, 2.24) is 14.5 Å². The van der Waals surface area contributed by atoms with Crippen LogP contribution in [0, 0.1) is 0 Å². The largest absolute Gasteiger partial charge is 0.467 e. The molecule has 7 heteroatoms. The number of aliphatic hydroxyl groups is 1. The Hall–Kier alpha value is -1.89. The topological polar surface area (TPSA) is 84.7 Å². The van der Waals surface area contributed by atoms with Gasteiger partial charge in [-0.3, -0.25) is 4.79 Å². The number of amides is 1. The molecule has 0 saturated carbocycles. The molecule has 104 valence electrons. The van der Waals surface area contributed by atoms with Crippen LogP contribution >= 0.6 is 0 Å². The fraction of sp³-hybridized carbons (Fsp3) is 0.583. The van der Waals surface area contributed by atoms with Gasteiger partial charge in [-0.15, -0.1) is 0 Å². The molecule has 1 aromatic heterocycles. The first-order chi connectivity index (χ1) is 9.11. The zero-order valence-corrected chi connectivity index (χ0v) is 10.7. The van der Waals surface area contributed by atoms with E-state index in [9.17, 15) is 14.7 Å². The number of rotatable bonds is 4. The van der Waals surface area contributed by atoms with Crippen molar-refractivity contribution in [3.63, 3.8) is 0 Å². The normalized spacial score (nSPS) is 22.5. The summed E-state index contributed by atoms with van der Waals surface area (Å²) < 4.78 is 6.44. The van der Waals surface area contributed by atoms with E-state index in [4.69, 9.17) is 0 Å². The van der Waals surface area contributed by atoms with Crippen molar-refractivity contribution >= 4 is 11.9 Å². The number of methoxy groups -OCH3 is 1. The molecule has 7 nitrogen and oxygen atoms in total. The summed E-state index contributed by atoms with van der Waals surface area (Å²) >= 11 is 0. The van der Waals surface area contributed by atoms with E-state index in [1.807, 2.05) is 0 Å². The van der Waals surface area contributed by atoms with Gasteiger partial charge in [0.25, 0.3) is 0 Å². The number of aryl methyl sites for hydroxylation is 1. The second-order valence-electron chi connectivity index (χ2n) is 4.53. The fourth-order valence-corrected chi connectivity index (χ4v) is 2.24. The molecule has 1 aliphatic heterocycles. The van der Waals surface area contributed by atoms with Crippen molar-refractivity contribution in [3.05, 3.63) is 18.7 Å². The van der Waals surface area contributed by atoms with Crippen LogP contribution in [-0.4, -0.2) is 57.2 Å². The molecule has 1 fully saturated rings. The average Bonchev–Trinajstić information content (AvgIpc) is 3.04. The lowest BCUT2D eigenvalue weighted by atomic mass is 10.2. The van der Waals surface area contributed by atoms with Gasteiger partial charge in [0, 0.05) is 38.3 Å². The minimum Gasteiger partial charge on any atom is -0.467 e. The van der Waals surface area contributed by atoms with E-state index >= 15 is 0 Å². The minimum atomic E-state index is -0.671. The molecule has 1 aromatic rings. The van der Waals surface area contributed by atoms with E-state index in [0.717, 1.165) is 0 Å². The quantitative estimate of drug-likeness (QED) is 0.737. The molecule has 0 bridgehead atoms. The molecule has 1 aliphatic rings. The van der Waals surface area contributed by atoms with Gasteiger partial charge < -0.3 is 19.3 Å². The molecule has 19 heavy (non-hydrogen) atoms. The fourth-order valence-electron chi connectivity index (χ4n) is 2.24. The first-order valence-corrected chi connectivity index (χ1v) is 6.13. The molecule has 2 atom stereocenters. The predicted molar refractivity (Wildman–Crippen MR) is 65.0 cm³/mol. The van der Waals surface area contributed by atoms with E-state index in [1.165, 1.54) is 12.0 Å². The smallest absolute Gasteiger partial charge is 0.328 e. The van der Waals surface area contributed by atoms with Crippen LogP contribution in [-0.2, 0) is 20.9 Å². The van der Waals surface area contributed by atoms with Gasteiger partial charge in [0.05, 0.1) is 19.5 Å². The van der Waals surface area contributed by atoms with Gasteiger partial charge in [0.1, 0.15) is 6.04 Å². The number of likely N-dealkylation sites (tertiary alicyclic amines) is 1. The highest BCUT2D eigenvalue weighted by molar-refractivity contribution is 5.85. The third-order valence-electron chi connectivity index (χ3n) is 3.22. The number of esters is 1. The molecule has 1 amide bonds. The molecule has 1 saturated heterocycles. The Bertz CT molecular complexity index is 446. The van der Waals surface area contributed by atoms with Gasteiger partial charge in [-0.2, -0.15) is 0 Å². The van der Waals surface area contributed by atoms with Crippen molar-refractivity contribution in [3.8, 4) is 0 Å². The van der Waals surface area contributed by atoms with Crippen molar-refractivity contribution < 1.29 is 19.4 Å². The number of aromatic nitrogens is 2. The minimum absolute atomic E-state index is 0.166. The van der Waals surface area contributed by atoms with Gasteiger partial charge >= 0.3 is 5.97 Å². The molecule has 0 aromatic carbocycles. The third-order valence-corrected chi connectivity index (χ3v) is 3.22. The number of carbonyl (C=O) groups excluding carboxylic acids is 2. The monoisotopic (exact) mass is 267 g/mol. The SMILES string of the molecule is COC(=O)C1CC(O)CN1C(=O)CCn1ccnc1. The molecule has 2 unspecified atom stereocenters. The van der Waals surface area contributed by atoms with Gasteiger partial charge in [-0.1, -0.05) is 0 Å². The molecule has 0 spiro atoms. The van der Waals surface area contributed by atoms with Crippen LogP contribution in [0.25, 0.3) is 0 Å². The highest BCUT2D eigenvalue weighted by atomic mass is 16.5. The van der Waals surface area contributed by atoms with Gasteiger partial charge in [-0.25, -0.2) is 9.78 Å². The summed E-state index contributed by atoms with van der Waals surface area (Å²) in [6, 6.07) is -0.671. The summed E-state index contributed by atoms with van der Waals surface area (Å²) in [6.45, 7) is 0.682. The number of hydrogen-bond donors (Lipinski definition) is 1. The lowest BCUT2D eigenvalue weighted by molar-refractivity contribution is -0.151. The number of hydrogen-bond acceptors (Lipinski definition) is 5. The van der Waals surface area contributed by atoms with Gasteiger partial charge in [-0.05, 0) is 0 Å². The van der Waals surface area contributed by atoms with Crippen LogP contribution in [0.15, 0.2) is 18.7 Å². The number of imidazole rings is 1. The summed E-state index contributed by atoms with van der Waals surface area (Å²) in [5.41, 5.74) is 0. The van der Waals surface area contributed by atoms with E-state index in [0.29, 0.717) is 6.54 Å². The van der Waals surface area contributed by atoms with Crippen molar-refractivity contribution in [2.75, 3.05) is 13.7 Å². The lowest BCUT2D eigenvalue weighted by Gasteiger charge is -2.22. The highest BCUT2D eigenvalue weighted by Crippen LogP contribution is 2.20. The molecule has 1 N–H and O–H groups in total. The van der Waals surface area contributed by atoms with E-state index in [2.05, 4.69) is 9.72 Å². The number of β-amino-alcohol motifs (C(OH)–C–C–N with tert-alkyl or cyclic N) is 1. The summed E-state index contributed by atoms with van der Waals surface area (Å²) in [6.07, 6.45) is 4.87. The zero-order valence-electron chi connectivity index (χ0n) is 10.7. The molecule has 0 radical (unpaired) electrons. The lowest BCUT2D eigenvalue weighted by Crippen LogP contribution is -2.41. The number of carbonyl (C=O) groups is 2. The second-order valence-corrected chi connectivity index (χ2v) is 4.53. The zero-order chi connectivity index (χ0) is 13.8. The van der Waals surface area contributed by atoms with Crippen LogP contribution < -0.4 is 0 Å². The number of nitrogens with zero attached hydrogens (tertiary/aromatic N) is 3. The molecule has 0 aliphatic carbocycles. The Morgan fingerprint density at radius 1 is 1.53 bits per heavy atom. The highest BCUT2D eigenvalue weighted by Gasteiger charge is 2.39. The number of ether oxygens (including phenoxy) is 1. The maximum absolute atomic E-state index is 12.1. The standard InChI is InChI=1S/C12H17N3O4/c1-19-12(18)10-6-9(16)7-15(10)11(17)2-4-14-5-3-13-8-14/h3,5,8-10,16H,2,4,6-7H2,1H3. The van der Waals surface area contributed by atoms with E-state index < -0.39 is 18.1 Å². The molecule has 2 rings (SSSR count). The number of aliphatic hydroxyl groups excluding tert-OH is 1. The summed E-state index contributed by atoms with van der Waals surface area (Å²) in [4.78, 5) is 28.9. The van der Waals surface area contributed by atoms with Crippen molar-refractivity contribution in [2.45, 2.75) is 31.5 Å². The van der Waals surface area contributed by atoms with Crippen LogP contribution in [0.3, 0.4) is 0 Å². The second kappa shape index (κ2) is 5.83. The Kier molecular flexibility index (Phi) is 4.16. The third kappa shape index (κ3) is 3.11. The summed E-state index contributed by atoms with van der Waals surface area (Å²) in [5.74, 6) is -0.645. The van der Waals surface area contributed by atoms with Crippen LogP contribution in [0.1, 0.15) is 12.8 Å². The molecule has 2 heterocycles. The van der Waals surface area contributed by atoms with E-state index in [1.54, 1.807) is 23.3 Å². The first kappa shape index (κ1) is 13.5. The van der Waals surface area contributed by atoms with Crippen LogP contribution in [0.5, 0.6) is 0 Å². The predicted octanol–water partition coefficient (Wildman–Crippen LogP) is -0.592. The van der Waals surface area contributed by atoms with E-state index in [-0.39, 0.29) is 25.3 Å². The van der Waals surface area contributed by atoms with Gasteiger partial charge in [0.15, 0.2) is 0 Å². The Morgan fingerprint density at radius 3 is 2.95 bits per heavy atom. The Labute approximate surface area is 110 Å². The Morgan fingerprint density at radius 2 is 2.32 bits per heavy atom. The summed E-state index contributed by atoms with van der Waals surface area (Å²) in [5, 5.41) is 9.60. The average molecular weight is 267 g/mol. The molecular weight excluding hydrogens is 250 g/mol. The van der Waals surface area contributed by atoms with Crippen LogP contribution in [0.2, 0.25) is 0 Å². The molecular formula is C12H17N3O4. The van der Waals surface area contributed by atoms with Crippen LogP contribution in [0.4, 0.5) is 0 Å². The maximum Gasteiger partial charge on any atom is 0.328 e. The van der Waals surface area contributed by atoms with Crippen molar-refractivity contribution in [1.29, 1.82) is 0 Å². The van der Waals surface area contributed by atoms with Crippen molar-refractivity contribution in [2.24, 2.45) is 0 Å².